The number of hydrogen-bond acceptors (Lipinski definition) is 3. The summed E-state index contributed by atoms with van der Waals surface area (Å²) < 4.78 is 6.76. The maximum Gasteiger partial charge on any atom is 0.133 e. The van der Waals surface area contributed by atoms with Crippen LogP contribution in [0.4, 0.5) is 0 Å². The van der Waals surface area contributed by atoms with Crippen molar-refractivity contribution in [2.24, 2.45) is 5.73 Å². The molecule has 3 nitrogen and oxygen atoms in total. The summed E-state index contributed by atoms with van der Waals surface area (Å²) in [5.74, 6) is 1.40. The number of ether oxygens (including phenoxy) is 1. The zero-order valence-electron chi connectivity index (χ0n) is 10.4. The van der Waals surface area contributed by atoms with E-state index in [1.807, 2.05) is 25.1 Å². The van der Waals surface area contributed by atoms with Gasteiger partial charge in [0.1, 0.15) is 11.5 Å². The van der Waals surface area contributed by atoms with Crippen LogP contribution in [0.2, 0.25) is 0 Å². The molecule has 0 amide bonds. The van der Waals surface area contributed by atoms with E-state index in [0.29, 0.717) is 17.1 Å². The molecule has 96 valence electrons. The molecule has 1 unspecified atom stereocenters. The molecule has 0 saturated heterocycles. The third kappa shape index (κ3) is 3.34. The Morgan fingerprint density at radius 2 is 1.89 bits per heavy atom. The van der Waals surface area contributed by atoms with Gasteiger partial charge in [0.25, 0.3) is 0 Å². The summed E-state index contributed by atoms with van der Waals surface area (Å²) in [5, 5.41) is 8.76. The summed E-state index contributed by atoms with van der Waals surface area (Å²) in [5.41, 5.74) is 7.47. The fraction of sp³-hybridized carbons (Fsp3) is 0.133. The molecule has 0 aliphatic rings. The van der Waals surface area contributed by atoms with E-state index in [2.05, 4.69) is 22.0 Å². The lowest BCUT2D eigenvalue weighted by atomic mass is 10.1. The maximum atomic E-state index is 8.76. The Morgan fingerprint density at radius 3 is 2.47 bits per heavy atom. The van der Waals surface area contributed by atoms with Crippen molar-refractivity contribution in [1.82, 2.24) is 0 Å². The molecule has 19 heavy (non-hydrogen) atoms. The van der Waals surface area contributed by atoms with E-state index in [4.69, 9.17) is 15.7 Å². The number of nitrogens with zero attached hydrogens (tertiary/aromatic N) is 1. The largest absolute Gasteiger partial charge is 0.457 e. The smallest absolute Gasteiger partial charge is 0.133 e. The summed E-state index contributed by atoms with van der Waals surface area (Å²) >= 11 is 3.42. The molecule has 4 heteroatoms. The lowest BCUT2D eigenvalue weighted by Gasteiger charge is -2.14. The van der Waals surface area contributed by atoms with Gasteiger partial charge >= 0.3 is 0 Å². The van der Waals surface area contributed by atoms with Crippen LogP contribution in [0.25, 0.3) is 0 Å². The van der Waals surface area contributed by atoms with Crippen molar-refractivity contribution >= 4 is 15.9 Å². The van der Waals surface area contributed by atoms with Crippen LogP contribution < -0.4 is 10.5 Å². The molecule has 2 N–H and O–H groups in total. The van der Waals surface area contributed by atoms with Crippen LogP contribution in [0.1, 0.15) is 24.1 Å². The second kappa shape index (κ2) is 5.87. The van der Waals surface area contributed by atoms with E-state index in [0.717, 1.165) is 10.0 Å². The Kier molecular flexibility index (Phi) is 4.20. The minimum absolute atomic E-state index is 0.110. The third-order valence-electron chi connectivity index (χ3n) is 2.68. The number of nitrogens with two attached hydrogens (primary N) is 1. The highest BCUT2D eigenvalue weighted by Gasteiger charge is 2.09. The molecule has 0 heterocycles. The molecule has 2 rings (SSSR count). The second-order valence-electron chi connectivity index (χ2n) is 4.21. The molecule has 0 aromatic heterocycles. The molecule has 1 atom stereocenters. The lowest BCUT2D eigenvalue weighted by Crippen LogP contribution is -2.06. The van der Waals surface area contributed by atoms with Crippen molar-refractivity contribution in [3.05, 3.63) is 58.1 Å². The van der Waals surface area contributed by atoms with Crippen molar-refractivity contribution in [2.45, 2.75) is 13.0 Å². The first-order valence-electron chi connectivity index (χ1n) is 5.83. The first-order valence-corrected chi connectivity index (χ1v) is 6.62. The summed E-state index contributed by atoms with van der Waals surface area (Å²) in [6.07, 6.45) is 0. The Labute approximate surface area is 120 Å². The molecule has 0 saturated carbocycles. The van der Waals surface area contributed by atoms with Crippen LogP contribution in [0, 0.1) is 11.3 Å². The molecule has 0 bridgehead atoms. The van der Waals surface area contributed by atoms with Crippen LogP contribution in [-0.4, -0.2) is 0 Å². The average molecular weight is 317 g/mol. The molecule has 2 aromatic rings. The van der Waals surface area contributed by atoms with Crippen LogP contribution in [0.3, 0.4) is 0 Å². The third-order valence-corrected chi connectivity index (χ3v) is 3.17. The number of hydrogen-bond donors (Lipinski definition) is 1. The minimum atomic E-state index is -0.110. The van der Waals surface area contributed by atoms with Gasteiger partial charge in [-0.25, -0.2) is 0 Å². The standard InChI is InChI=1S/C15H13BrN2O/c1-10(18)14-7-4-12(16)8-15(14)19-13-5-2-11(9-17)3-6-13/h2-8,10H,18H2,1H3. The molecule has 2 aromatic carbocycles. The van der Waals surface area contributed by atoms with E-state index >= 15 is 0 Å². The zero-order valence-corrected chi connectivity index (χ0v) is 12.0. The van der Waals surface area contributed by atoms with Gasteiger partial charge in [-0.3, -0.25) is 0 Å². The number of nitriles is 1. The van der Waals surface area contributed by atoms with Crippen molar-refractivity contribution < 1.29 is 4.74 Å². The number of rotatable bonds is 3. The van der Waals surface area contributed by atoms with Crippen LogP contribution >= 0.6 is 15.9 Å². The summed E-state index contributed by atoms with van der Waals surface area (Å²) in [6.45, 7) is 1.91. The fourth-order valence-corrected chi connectivity index (χ4v) is 2.04. The normalized spacial score (nSPS) is 11.7. The Hall–Kier alpha value is -1.83. The van der Waals surface area contributed by atoms with Gasteiger partial charge in [0.05, 0.1) is 11.6 Å². The average Bonchev–Trinajstić information content (AvgIpc) is 2.39. The van der Waals surface area contributed by atoms with E-state index in [9.17, 15) is 0 Å². The minimum Gasteiger partial charge on any atom is -0.457 e. The van der Waals surface area contributed by atoms with Gasteiger partial charge in [0, 0.05) is 16.1 Å². The summed E-state index contributed by atoms with van der Waals surface area (Å²) in [4.78, 5) is 0. The van der Waals surface area contributed by atoms with Crippen molar-refractivity contribution in [3.8, 4) is 17.6 Å². The van der Waals surface area contributed by atoms with Gasteiger partial charge in [0.2, 0.25) is 0 Å². The highest BCUT2D eigenvalue weighted by molar-refractivity contribution is 9.10. The van der Waals surface area contributed by atoms with Gasteiger partial charge in [-0.2, -0.15) is 5.26 Å². The first-order chi connectivity index (χ1) is 9.10. The van der Waals surface area contributed by atoms with Gasteiger partial charge < -0.3 is 10.5 Å². The molecule has 0 fully saturated rings. The predicted molar refractivity (Wildman–Crippen MR) is 78.0 cm³/mol. The van der Waals surface area contributed by atoms with E-state index in [1.54, 1.807) is 24.3 Å². The highest BCUT2D eigenvalue weighted by Crippen LogP contribution is 2.31. The van der Waals surface area contributed by atoms with Crippen LogP contribution in [-0.2, 0) is 0 Å². The Bertz CT molecular complexity index is 615. The van der Waals surface area contributed by atoms with Crippen molar-refractivity contribution in [1.29, 1.82) is 5.26 Å². The molecule has 0 aliphatic carbocycles. The molecule has 0 spiro atoms. The fourth-order valence-electron chi connectivity index (χ4n) is 1.70. The maximum absolute atomic E-state index is 8.76. The van der Waals surface area contributed by atoms with Crippen molar-refractivity contribution in [3.63, 3.8) is 0 Å². The van der Waals surface area contributed by atoms with E-state index in [-0.39, 0.29) is 6.04 Å². The van der Waals surface area contributed by atoms with Crippen molar-refractivity contribution in [2.75, 3.05) is 0 Å². The van der Waals surface area contributed by atoms with Gasteiger partial charge in [0.15, 0.2) is 0 Å². The van der Waals surface area contributed by atoms with E-state index in [1.165, 1.54) is 0 Å². The molecule has 0 radical (unpaired) electrons. The molecular formula is C15H13BrN2O. The zero-order chi connectivity index (χ0) is 13.8. The molecule has 0 aliphatic heterocycles. The predicted octanol–water partition coefficient (Wildman–Crippen LogP) is 4.13. The summed E-state index contributed by atoms with van der Waals surface area (Å²) in [7, 11) is 0. The highest BCUT2D eigenvalue weighted by atomic mass is 79.9. The van der Waals surface area contributed by atoms with Gasteiger partial charge in [-0.05, 0) is 43.3 Å². The topological polar surface area (TPSA) is 59.0 Å². The van der Waals surface area contributed by atoms with Gasteiger partial charge in [-0.1, -0.05) is 22.0 Å². The second-order valence-corrected chi connectivity index (χ2v) is 5.12. The van der Waals surface area contributed by atoms with E-state index < -0.39 is 0 Å². The molecular weight excluding hydrogens is 304 g/mol. The first kappa shape index (κ1) is 13.6. The SMILES string of the molecule is CC(N)c1ccc(Br)cc1Oc1ccc(C#N)cc1. The quantitative estimate of drug-likeness (QED) is 0.926. The lowest BCUT2D eigenvalue weighted by molar-refractivity contribution is 0.471. The monoisotopic (exact) mass is 316 g/mol. The van der Waals surface area contributed by atoms with Crippen LogP contribution in [0.5, 0.6) is 11.5 Å². The Balaban J connectivity index is 2.31. The number of benzene rings is 2. The van der Waals surface area contributed by atoms with Gasteiger partial charge in [-0.15, -0.1) is 0 Å². The number of halogens is 1. The summed E-state index contributed by atoms with van der Waals surface area (Å²) in [6, 6.07) is 14.7. The van der Waals surface area contributed by atoms with Crippen LogP contribution in [0.15, 0.2) is 46.9 Å². The Morgan fingerprint density at radius 1 is 1.21 bits per heavy atom.